The molecular weight excluding hydrogens is 548 g/mol. The van der Waals surface area contributed by atoms with E-state index in [0.29, 0.717) is 24.3 Å². The zero-order valence-corrected chi connectivity index (χ0v) is 22.9. The minimum atomic E-state index is -1.22. The number of fused-ring (bicyclic) bond motifs is 2. The molecule has 7 rings (SSSR count). The second-order valence-electron chi connectivity index (χ2n) is 11.6. The van der Waals surface area contributed by atoms with Crippen molar-refractivity contribution in [1.82, 2.24) is 19.4 Å². The zero-order valence-electron chi connectivity index (χ0n) is 22.9. The molecule has 0 bridgehead atoms. The lowest BCUT2D eigenvalue weighted by Gasteiger charge is -2.60. The smallest absolute Gasteiger partial charge is 0.407 e. The van der Waals surface area contributed by atoms with Crippen LogP contribution >= 0.6 is 0 Å². The summed E-state index contributed by atoms with van der Waals surface area (Å²) >= 11 is 0. The first-order valence-electron chi connectivity index (χ1n) is 14.0. The van der Waals surface area contributed by atoms with E-state index in [1.54, 1.807) is 17.6 Å². The first-order valence-corrected chi connectivity index (χ1v) is 14.0. The summed E-state index contributed by atoms with van der Waals surface area (Å²) in [5.74, 6) is -1.76. The van der Waals surface area contributed by atoms with E-state index in [2.05, 4.69) is 9.88 Å². The maximum Gasteiger partial charge on any atom is 0.407 e. The van der Waals surface area contributed by atoms with Gasteiger partial charge in [0.2, 0.25) is 0 Å². The van der Waals surface area contributed by atoms with Crippen LogP contribution in [0.1, 0.15) is 40.3 Å². The van der Waals surface area contributed by atoms with Crippen molar-refractivity contribution in [2.24, 2.45) is 5.41 Å². The van der Waals surface area contributed by atoms with Crippen LogP contribution < -0.4 is 4.90 Å². The summed E-state index contributed by atoms with van der Waals surface area (Å²) < 4.78 is 36.5. The Balaban J connectivity index is 1.12. The van der Waals surface area contributed by atoms with E-state index in [4.69, 9.17) is 9.84 Å². The molecule has 4 aliphatic rings. The van der Waals surface area contributed by atoms with Gasteiger partial charge in [-0.1, -0.05) is 12.1 Å². The number of hydrogen-bond donors (Lipinski definition) is 1. The zero-order chi connectivity index (χ0) is 29.3. The van der Waals surface area contributed by atoms with Gasteiger partial charge in [0.1, 0.15) is 12.0 Å². The predicted octanol–water partition coefficient (Wildman–Crippen LogP) is 3.64. The van der Waals surface area contributed by atoms with Gasteiger partial charge < -0.3 is 29.1 Å². The number of likely N-dealkylation sites (tertiary alicyclic amines) is 1. The summed E-state index contributed by atoms with van der Waals surface area (Å²) in [5, 5.41) is 9.10. The quantitative estimate of drug-likeness (QED) is 0.446. The summed E-state index contributed by atoms with van der Waals surface area (Å²) in [4.78, 5) is 47.1. The number of esters is 1. The molecule has 0 saturated carbocycles. The van der Waals surface area contributed by atoms with E-state index in [1.807, 2.05) is 24.3 Å². The van der Waals surface area contributed by atoms with Crippen molar-refractivity contribution in [3.8, 4) is 11.1 Å². The number of benzene rings is 2. The van der Waals surface area contributed by atoms with Crippen LogP contribution in [0.15, 0.2) is 42.7 Å². The van der Waals surface area contributed by atoms with Gasteiger partial charge in [0.25, 0.3) is 5.91 Å². The van der Waals surface area contributed by atoms with Crippen molar-refractivity contribution < 1.29 is 33.0 Å². The largest absolute Gasteiger partial charge is 0.465 e. The molecule has 1 aromatic heterocycles. The fourth-order valence-electron chi connectivity index (χ4n) is 6.80. The van der Waals surface area contributed by atoms with Crippen molar-refractivity contribution >= 4 is 23.7 Å². The van der Waals surface area contributed by atoms with Crippen LogP contribution in [0.2, 0.25) is 0 Å². The molecule has 12 heteroatoms. The number of imidazole rings is 1. The van der Waals surface area contributed by atoms with Crippen LogP contribution in [0, 0.1) is 11.2 Å². The Labute approximate surface area is 240 Å². The number of aromatic nitrogens is 2. The van der Waals surface area contributed by atoms with Crippen LogP contribution in [-0.2, 0) is 29.0 Å². The monoisotopic (exact) mass is 577 g/mol. The number of hydrogen-bond acceptors (Lipinski definition) is 6. The van der Waals surface area contributed by atoms with Gasteiger partial charge in [-0.3, -0.25) is 4.79 Å². The highest BCUT2D eigenvalue weighted by Crippen LogP contribution is 2.43. The van der Waals surface area contributed by atoms with Gasteiger partial charge in [-0.05, 0) is 42.3 Å². The number of amides is 2. The molecule has 2 amide bonds. The first-order chi connectivity index (χ1) is 20.2. The molecule has 42 heavy (non-hydrogen) atoms. The Hall–Kier alpha value is -4.48. The molecule has 2 aromatic carbocycles. The Morgan fingerprint density at radius 3 is 2.57 bits per heavy atom. The van der Waals surface area contributed by atoms with Crippen molar-refractivity contribution in [2.75, 3.05) is 37.7 Å². The number of anilines is 1. The van der Waals surface area contributed by atoms with Crippen molar-refractivity contribution in [3.05, 3.63) is 71.1 Å². The summed E-state index contributed by atoms with van der Waals surface area (Å²) in [6, 6.07) is 9.41. The maximum atomic E-state index is 15.5. The molecule has 2 atom stereocenters. The average molecular weight is 578 g/mol. The lowest BCUT2D eigenvalue weighted by molar-refractivity contribution is -0.149. The molecule has 2 unspecified atom stereocenters. The lowest BCUT2D eigenvalue weighted by atomic mass is 9.73. The number of ether oxygens (including phenoxy) is 1. The molecule has 218 valence electrons. The third-order valence-corrected chi connectivity index (χ3v) is 8.83. The molecule has 4 aliphatic heterocycles. The number of carboxylic acid groups (broad SMARTS) is 1. The third kappa shape index (κ3) is 4.11. The maximum absolute atomic E-state index is 15.5. The van der Waals surface area contributed by atoms with E-state index >= 15 is 4.39 Å². The molecular formula is C30H29F2N5O5. The first kappa shape index (κ1) is 26.4. The minimum Gasteiger partial charge on any atom is -0.465 e. The number of nitrogens with zero attached hydrogens (tertiary/aromatic N) is 5. The third-order valence-electron chi connectivity index (χ3n) is 8.83. The highest BCUT2D eigenvalue weighted by Gasteiger charge is 2.53. The highest BCUT2D eigenvalue weighted by molar-refractivity contribution is 6.02. The number of carbonyl (C=O) groups is 3. The number of rotatable bonds is 6. The summed E-state index contributed by atoms with van der Waals surface area (Å²) in [5.41, 5.74) is 3.42. The molecule has 5 heterocycles. The number of alkyl halides is 1. The molecule has 2 fully saturated rings. The van der Waals surface area contributed by atoms with Crippen LogP contribution in [0.3, 0.4) is 0 Å². The molecule has 1 N–H and O–H groups in total. The van der Waals surface area contributed by atoms with Crippen molar-refractivity contribution in [3.63, 3.8) is 0 Å². The molecule has 0 radical (unpaired) electrons. The SMILES string of the molecule is CCOC(=O)C(c1ncn2c1CC(F)C2)N1Cc2c(F)cc(-c3ccc(N4CC5(CN(C(=O)O)C5)C4)cc3)cc2C1=O. The van der Waals surface area contributed by atoms with Crippen LogP contribution in [-0.4, -0.2) is 81.4 Å². The van der Waals surface area contributed by atoms with E-state index in [1.165, 1.54) is 22.2 Å². The molecule has 3 aromatic rings. The van der Waals surface area contributed by atoms with Crippen molar-refractivity contribution in [1.29, 1.82) is 0 Å². The molecule has 2 saturated heterocycles. The van der Waals surface area contributed by atoms with Crippen LogP contribution in [0.25, 0.3) is 11.1 Å². The number of halogens is 2. The van der Waals surface area contributed by atoms with Gasteiger partial charge in [0.15, 0.2) is 6.04 Å². The van der Waals surface area contributed by atoms with Gasteiger partial charge in [-0.25, -0.2) is 23.4 Å². The van der Waals surface area contributed by atoms with E-state index in [0.717, 1.165) is 24.3 Å². The van der Waals surface area contributed by atoms with Crippen molar-refractivity contribution in [2.45, 2.75) is 38.6 Å². The lowest BCUT2D eigenvalue weighted by Crippen LogP contribution is -2.73. The number of carbonyl (C=O) groups excluding carboxylic acids is 2. The minimum absolute atomic E-state index is 0.0258. The highest BCUT2D eigenvalue weighted by atomic mass is 19.1. The summed E-state index contributed by atoms with van der Waals surface area (Å²) in [6.07, 6.45) is -0.453. The molecule has 0 aliphatic carbocycles. The fourth-order valence-corrected chi connectivity index (χ4v) is 6.80. The standard InChI is InChI=1S/C30H29F2N5O5/c1-2-42-28(39)26(25-24-9-19(31)10-34(24)16-33-25)37-11-22-21(27(37)38)7-18(8-23(22)32)17-3-5-20(6-4-17)35-12-30(13-35)14-36(15-30)29(40)41/h3-8,16,19,26H,2,9-15H2,1H3,(H,40,41). The van der Waals surface area contributed by atoms with E-state index in [9.17, 15) is 18.8 Å². The topological polar surface area (TPSA) is 108 Å². The van der Waals surface area contributed by atoms with Gasteiger partial charge in [0.05, 0.1) is 31.7 Å². The Morgan fingerprint density at radius 1 is 1.14 bits per heavy atom. The summed E-state index contributed by atoms with van der Waals surface area (Å²) in [7, 11) is 0. The predicted molar refractivity (Wildman–Crippen MR) is 146 cm³/mol. The van der Waals surface area contributed by atoms with Gasteiger partial charge in [-0.15, -0.1) is 0 Å². The normalized spacial score (nSPS) is 20.7. The Bertz CT molecular complexity index is 1610. The fraction of sp³-hybridized carbons (Fsp3) is 0.400. The van der Waals surface area contributed by atoms with Gasteiger partial charge in [-0.2, -0.15) is 0 Å². The van der Waals surface area contributed by atoms with E-state index < -0.39 is 36.0 Å². The Kier molecular flexibility index (Phi) is 6.00. The Morgan fingerprint density at radius 2 is 1.88 bits per heavy atom. The van der Waals surface area contributed by atoms with Crippen LogP contribution in [0.4, 0.5) is 19.3 Å². The van der Waals surface area contributed by atoms with Crippen LogP contribution in [0.5, 0.6) is 0 Å². The summed E-state index contributed by atoms with van der Waals surface area (Å²) in [6.45, 7) is 4.39. The second kappa shape index (κ2) is 9.53. The average Bonchev–Trinajstić information content (AvgIpc) is 3.56. The van der Waals surface area contributed by atoms with Gasteiger partial charge >= 0.3 is 12.1 Å². The van der Waals surface area contributed by atoms with Gasteiger partial charge in [0, 0.05) is 60.5 Å². The molecule has 1 spiro atoms. The second-order valence-corrected chi connectivity index (χ2v) is 11.6. The molecule has 10 nitrogen and oxygen atoms in total. The van der Waals surface area contributed by atoms with E-state index in [-0.39, 0.29) is 48.4 Å².